The van der Waals surface area contributed by atoms with Crippen molar-refractivity contribution in [2.24, 2.45) is 11.3 Å². The molecule has 0 aliphatic carbocycles. The van der Waals surface area contributed by atoms with Crippen molar-refractivity contribution in [2.45, 2.75) is 25.7 Å². The third kappa shape index (κ3) is 3.92. The zero-order valence-corrected chi connectivity index (χ0v) is 13.1. The fraction of sp³-hybridized carbons (Fsp3) is 1.00. The molecule has 0 aromatic rings. The van der Waals surface area contributed by atoms with Gasteiger partial charge in [0.2, 0.25) is 0 Å². The van der Waals surface area contributed by atoms with Crippen LogP contribution in [0.2, 0.25) is 0 Å². The van der Waals surface area contributed by atoms with Crippen LogP contribution in [-0.2, 0) is 9.47 Å². The van der Waals surface area contributed by atoms with Crippen molar-refractivity contribution in [3.05, 3.63) is 0 Å². The van der Waals surface area contributed by atoms with Crippen LogP contribution in [0.3, 0.4) is 0 Å². The lowest BCUT2D eigenvalue weighted by molar-refractivity contribution is -0.00347. The Morgan fingerprint density at radius 3 is 2.83 bits per heavy atom. The third-order valence-electron chi connectivity index (χ3n) is 4.40. The van der Waals surface area contributed by atoms with Gasteiger partial charge in [-0.3, -0.25) is 0 Å². The molecule has 2 aliphatic heterocycles. The number of nitrogens with zero attached hydrogens (tertiary/aromatic N) is 1. The van der Waals surface area contributed by atoms with Crippen LogP contribution in [0.1, 0.15) is 25.7 Å². The van der Waals surface area contributed by atoms with Gasteiger partial charge in [-0.15, -0.1) is 0 Å². The molecule has 2 heterocycles. The summed E-state index contributed by atoms with van der Waals surface area (Å²) < 4.78 is 10.8. The Balaban J connectivity index is 1.86. The van der Waals surface area contributed by atoms with Crippen LogP contribution in [0.25, 0.3) is 0 Å². The molecule has 0 N–H and O–H groups in total. The molecule has 0 aromatic carbocycles. The first-order valence-corrected chi connectivity index (χ1v) is 8.25. The second-order valence-corrected chi connectivity index (χ2v) is 6.51. The third-order valence-corrected chi connectivity index (χ3v) is 5.59. The fourth-order valence-electron chi connectivity index (χ4n) is 3.28. The van der Waals surface area contributed by atoms with E-state index >= 15 is 0 Å². The number of rotatable bonds is 5. The molecule has 2 saturated heterocycles. The van der Waals surface area contributed by atoms with Gasteiger partial charge in [-0.05, 0) is 43.6 Å². The summed E-state index contributed by atoms with van der Waals surface area (Å²) in [6.45, 7) is 6.48. The Morgan fingerprint density at radius 1 is 1.39 bits per heavy atom. The van der Waals surface area contributed by atoms with Crippen LogP contribution in [0, 0.1) is 11.3 Å². The van der Waals surface area contributed by atoms with Gasteiger partial charge in [0.25, 0.3) is 0 Å². The van der Waals surface area contributed by atoms with Crippen molar-refractivity contribution in [3.63, 3.8) is 0 Å². The average Bonchev–Trinajstić information content (AvgIpc) is 2.41. The number of methoxy groups -OCH3 is 1. The highest BCUT2D eigenvalue weighted by Gasteiger charge is 2.34. The highest BCUT2D eigenvalue weighted by molar-refractivity contribution is 9.09. The maximum atomic E-state index is 5.52. The molecule has 0 aromatic heterocycles. The van der Waals surface area contributed by atoms with E-state index in [1.807, 2.05) is 7.11 Å². The zero-order chi connectivity index (χ0) is 12.8. The first kappa shape index (κ1) is 14.8. The van der Waals surface area contributed by atoms with Crippen LogP contribution in [0.15, 0.2) is 0 Å². The van der Waals surface area contributed by atoms with E-state index in [4.69, 9.17) is 9.47 Å². The maximum Gasteiger partial charge on any atom is 0.0502 e. The summed E-state index contributed by atoms with van der Waals surface area (Å²) in [5.74, 6) is 0.732. The zero-order valence-electron chi connectivity index (χ0n) is 11.5. The highest BCUT2D eigenvalue weighted by Crippen LogP contribution is 2.34. The van der Waals surface area contributed by atoms with Gasteiger partial charge < -0.3 is 14.4 Å². The number of alkyl halides is 1. The van der Waals surface area contributed by atoms with Gasteiger partial charge >= 0.3 is 0 Å². The number of hydrogen-bond donors (Lipinski definition) is 0. The summed E-state index contributed by atoms with van der Waals surface area (Å²) in [4.78, 5) is 2.65. The first-order valence-electron chi connectivity index (χ1n) is 7.13. The predicted molar refractivity (Wildman–Crippen MR) is 77.3 cm³/mol. The Kier molecular flexibility index (Phi) is 5.93. The van der Waals surface area contributed by atoms with Gasteiger partial charge in [0.1, 0.15) is 0 Å². The van der Waals surface area contributed by atoms with E-state index in [1.165, 1.54) is 45.3 Å². The molecule has 3 nitrogen and oxygen atoms in total. The van der Waals surface area contributed by atoms with Gasteiger partial charge in [-0.25, -0.2) is 0 Å². The van der Waals surface area contributed by atoms with E-state index in [1.54, 1.807) is 0 Å². The van der Waals surface area contributed by atoms with E-state index in [-0.39, 0.29) is 0 Å². The molecule has 0 saturated carbocycles. The summed E-state index contributed by atoms with van der Waals surface area (Å²) in [7, 11) is 1.82. The van der Waals surface area contributed by atoms with Gasteiger partial charge in [-0.1, -0.05) is 15.9 Å². The number of piperidine rings is 1. The van der Waals surface area contributed by atoms with E-state index in [9.17, 15) is 0 Å². The van der Waals surface area contributed by atoms with E-state index in [0.717, 1.165) is 31.1 Å². The minimum atomic E-state index is 0.438. The summed E-state index contributed by atoms with van der Waals surface area (Å²) in [5.41, 5.74) is 0.438. The Labute approximate surface area is 119 Å². The van der Waals surface area contributed by atoms with E-state index < -0.39 is 0 Å². The fourth-order valence-corrected chi connectivity index (χ4v) is 4.02. The van der Waals surface area contributed by atoms with Gasteiger partial charge in [-0.2, -0.15) is 0 Å². The van der Waals surface area contributed by atoms with Crippen molar-refractivity contribution in [3.8, 4) is 0 Å². The largest absolute Gasteiger partial charge is 0.384 e. The number of hydrogen-bond acceptors (Lipinski definition) is 3. The number of likely N-dealkylation sites (tertiary alicyclic amines) is 1. The Hall–Kier alpha value is 0.360. The molecular weight excluding hydrogens is 294 g/mol. The van der Waals surface area contributed by atoms with Crippen molar-refractivity contribution >= 4 is 15.9 Å². The monoisotopic (exact) mass is 319 g/mol. The molecule has 0 bridgehead atoms. The average molecular weight is 320 g/mol. The molecule has 106 valence electrons. The van der Waals surface area contributed by atoms with E-state index in [0.29, 0.717) is 5.41 Å². The lowest BCUT2D eigenvalue weighted by atomic mass is 9.81. The minimum absolute atomic E-state index is 0.438. The van der Waals surface area contributed by atoms with Crippen LogP contribution >= 0.6 is 15.9 Å². The predicted octanol–water partition coefficient (Wildman–Crippen LogP) is 2.54. The van der Waals surface area contributed by atoms with Gasteiger partial charge in [0.05, 0.1) is 6.61 Å². The van der Waals surface area contributed by atoms with Crippen LogP contribution in [-0.4, -0.2) is 56.8 Å². The standard InChI is InChI=1S/C14H26BrNO2/c1-17-10-13-3-2-6-16(9-13)12-14(11-15)4-7-18-8-5-14/h13H,2-12H2,1H3. The molecule has 18 heavy (non-hydrogen) atoms. The normalized spacial score (nSPS) is 29.3. The molecule has 2 fully saturated rings. The summed E-state index contributed by atoms with van der Waals surface area (Å²) in [6.07, 6.45) is 5.05. The second-order valence-electron chi connectivity index (χ2n) is 5.94. The van der Waals surface area contributed by atoms with Gasteiger partial charge in [0, 0.05) is 38.7 Å². The summed E-state index contributed by atoms with van der Waals surface area (Å²) in [5, 5.41) is 1.11. The lowest BCUT2D eigenvalue weighted by Gasteiger charge is -2.42. The van der Waals surface area contributed by atoms with Crippen molar-refractivity contribution < 1.29 is 9.47 Å². The Bertz CT molecular complexity index is 242. The molecule has 4 heteroatoms. The smallest absolute Gasteiger partial charge is 0.0502 e. The number of ether oxygens (including phenoxy) is 2. The first-order chi connectivity index (χ1) is 8.78. The topological polar surface area (TPSA) is 21.7 Å². The molecule has 2 rings (SSSR count). The van der Waals surface area contributed by atoms with Crippen molar-refractivity contribution in [1.82, 2.24) is 4.90 Å². The highest BCUT2D eigenvalue weighted by atomic mass is 79.9. The Morgan fingerprint density at radius 2 is 2.17 bits per heavy atom. The van der Waals surface area contributed by atoms with Crippen LogP contribution < -0.4 is 0 Å². The maximum absolute atomic E-state index is 5.52. The lowest BCUT2D eigenvalue weighted by Crippen LogP contribution is -2.46. The quantitative estimate of drug-likeness (QED) is 0.727. The van der Waals surface area contributed by atoms with Crippen molar-refractivity contribution in [2.75, 3.05) is 51.9 Å². The molecule has 0 amide bonds. The minimum Gasteiger partial charge on any atom is -0.384 e. The second kappa shape index (κ2) is 7.22. The van der Waals surface area contributed by atoms with Gasteiger partial charge in [0.15, 0.2) is 0 Å². The summed E-state index contributed by atoms with van der Waals surface area (Å²) in [6, 6.07) is 0. The molecule has 0 spiro atoms. The molecular formula is C14H26BrNO2. The number of halogens is 1. The van der Waals surface area contributed by atoms with Crippen LogP contribution in [0.4, 0.5) is 0 Å². The molecule has 0 radical (unpaired) electrons. The summed E-state index contributed by atoms with van der Waals surface area (Å²) >= 11 is 3.73. The SMILES string of the molecule is COCC1CCCN(CC2(CBr)CCOCC2)C1. The molecule has 2 aliphatic rings. The molecule has 1 unspecified atom stereocenters. The van der Waals surface area contributed by atoms with E-state index in [2.05, 4.69) is 20.8 Å². The molecule has 1 atom stereocenters. The van der Waals surface area contributed by atoms with Crippen molar-refractivity contribution in [1.29, 1.82) is 0 Å². The van der Waals surface area contributed by atoms with Crippen LogP contribution in [0.5, 0.6) is 0 Å².